The van der Waals surface area contributed by atoms with E-state index in [2.05, 4.69) is 5.32 Å². The number of amides is 2. The van der Waals surface area contributed by atoms with Crippen molar-refractivity contribution in [2.45, 2.75) is 26.1 Å². The Kier molecular flexibility index (Phi) is 6.93. The van der Waals surface area contributed by atoms with Gasteiger partial charge in [0.2, 0.25) is 0 Å². The van der Waals surface area contributed by atoms with Crippen LogP contribution < -0.4 is 19.5 Å². The van der Waals surface area contributed by atoms with Crippen molar-refractivity contribution in [3.63, 3.8) is 0 Å². The van der Waals surface area contributed by atoms with Crippen molar-refractivity contribution in [3.8, 4) is 17.2 Å². The van der Waals surface area contributed by atoms with E-state index in [1.54, 1.807) is 54.3 Å². The van der Waals surface area contributed by atoms with Crippen LogP contribution in [0.5, 0.6) is 17.2 Å². The lowest BCUT2D eigenvalue weighted by Gasteiger charge is -2.22. The van der Waals surface area contributed by atoms with Gasteiger partial charge in [-0.15, -0.1) is 0 Å². The Balaban J connectivity index is 1.61. The summed E-state index contributed by atoms with van der Waals surface area (Å²) >= 11 is 6.32. The summed E-state index contributed by atoms with van der Waals surface area (Å²) in [5, 5.41) is 3.49. The molecule has 34 heavy (non-hydrogen) atoms. The Hall–Kier alpha value is -3.71. The third kappa shape index (κ3) is 4.79. The van der Waals surface area contributed by atoms with E-state index in [4.69, 9.17) is 25.8 Å². The molecule has 0 aromatic heterocycles. The van der Waals surface area contributed by atoms with Crippen molar-refractivity contribution in [1.82, 2.24) is 4.90 Å². The molecule has 3 aromatic carbocycles. The molecule has 0 radical (unpaired) electrons. The van der Waals surface area contributed by atoms with Gasteiger partial charge in [0.05, 0.1) is 14.2 Å². The highest BCUT2D eigenvalue weighted by atomic mass is 35.5. The molecule has 3 aromatic rings. The molecule has 4 rings (SSSR count). The van der Waals surface area contributed by atoms with E-state index in [1.165, 1.54) is 14.2 Å². The minimum absolute atomic E-state index is 0.138. The summed E-state index contributed by atoms with van der Waals surface area (Å²) in [4.78, 5) is 27.8. The van der Waals surface area contributed by atoms with Crippen LogP contribution in [-0.2, 0) is 17.9 Å². The Morgan fingerprint density at radius 2 is 1.79 bits per heavy atom. The quantitative estimate of drug-likeness (QED) is 0.542. The lowest BCUT2D eigenvalue weighted by molar-refractivity contribution is -0.138. The standard InChI is InChI=1S/C26H25ClN2O5/c1-16-26(31)29(14-17-7-4-5-8-20(17)27)15-18-13-19(11-12-21(18)34-16)28-25(30)24-22(32-2)9-6-10-23(24)33-3/h4-13,16H,14-15H2,1-3H3,(H,28,30)/t16-/m0/s1. The first-order chi connectivity index (χ1) is 16.4. The summed E-state index contributed by atoms with van der Waals surface area (Å²) in [5.74, 6) is 0.887. The van der Waals surface area contributed by atoms with Gasteiger partial charge in [-0.1, -0.05) is 35.9 Å². The van der Waals surface area contributed by atoms with Gasteiger partial charge in [0, 0.05) is 29.4 Å². The third-order valence-corrected chi connectivity index (χ3v) is 5.99. The minimum Gasteiger partial charge on any atom is -0.496 e. The van der Waals surface area contributed by atoms with Gasteiger partial charge in [0.25, 0.3) is 11.8 Å². The van der Waals surface area contributed by atoms with Crippen molar-refractivity contribution < 1.29 is 23.8 Å². The van der Waals surface area contributed by atoms with Crippen molar-refractivity contribution in [1.29, 1.82) is 0 Å². The summed E-state index contributed by atoms with van der Waals surface area (Å²) in [7, 11) is 2.99. The SMILES string of the molecule is COc1cccc(OC)c1C(=O)Nc1ccc2c(c1)CN(Cc1ccccc1Cl)C(=O)[C@H](C)O2. The highest BCUT2D eigenvalue weighted by molar-refractivity contribution is 6.31. The second-order valence-corrected chi connectivity index (χ2v) is 8.27. The third-order valence-electron chi connectivity index (χ3n) is 5.62. The molecule has 8 heteroatoms. The first-order valence-corrected chi connectivity index (χ1v) is 11.1. The number of hydrogen-bond donors (Lipinski definition) is 1. The number of ether oxygens (including phenoxy) is 3. The summed E-state index contributed by atoms with van der Waals surface area (Å²) in [6, 6.07) is 17.9. The number of methoxy groups -OCH3 is 2. The van der Waals surface area contributed by atoms with Crippen LogP contribution in [0, 0.1) is 0 Å². The van der Waals surface area contributed by atoms with Crippen LogP contribution in [0.25, 0.3) is 0 Å². The fourth-order valence-electron chi connectivity index (χ4n) is 3.91. The maximum atomic E-state index is 13.1. The maximum absolute atomic E-state index is 13.1. The van der Waals surface area contributed by atoms with Crippen LogP contribution in [0.3, 0.4) is 0 Å². The molecule has 0 fully saturated rings. The summed E-state index contributed by atoms with van der Waals surface area (Å²) < 4.78 is 16.6. The molecule has 0 saturated heterocycles. The predicted octanol–water partition coefficient (Wildman–Crippen LogP) is 4.92. The molecule has 1 atom stereocenters. The monoisotopic (exact) mass is 480 g/mol. The van der Waals surface area contributed by atoms with Crippen LogP contribution in [0.4, 0.5) is 5.69 Å². The number of nitrogens with zero attached hydrogens (tertiary/aromatic N) is 1. The minimum atomic E-state index is -0.651. The highest BCUT2D eigenvalue weighted by Crippen LogP contribution is 2.32. The van der Waals surface area contributed by atoms with Crippen molar-refractivity contribution in [2.75, 3.05) is 19.5 Å². The summed E-state index contributed by atoms with van der Waals surface area (Å²) in [6.07, 6.45) is -0.651. The molecule has 0 spiro atoms. The molecule has 7 nitrogen and oxygen atoms in total. The van der Waals surface area contributed by atoms with Crippen LogP contribution in [0.2, 0.25) is 5.02 Å². The van der Waals surface area contributed by atoms with Crippen molar-refractivity contribution in [3.05, 3.63) is 82.4 Å². The number of carbonyl (C=O) groups excluding carboxylic acids is 2. The zero-order valence-electron chi connectivity index (χ0n) is 19.1. The largest absolute Gasteiger partial charge is 0.496 e. The molecule has 2 amide bonds. The lowest BCUT2D eigenvalue weighted by atomic mass is 10.1. The number of rotatable bonds is 6. The molecule has 0 aliphatic carbocycles. The van der Waals surface area contributed by atoms with E-state index >= 15 is 0 Å². The Morgan fingerprint density at radius 3 is 2.47 bits per heavy atom. The van der Waals surface area contributed by atoms with Gasteiger partial charge in [-0.3, -0.25) is 9.59 Å². The van der Waals surface area contributed by atoms with Crippen molar-refractivity contribution >= 4 is 29.1 Å². The average molecular weight is 481 g/mol. The van der Waals surface area contributed by atoms with Gasteiger partial charge in [-0.2, -0.15) is 0 Å². The molecular weight excluding hydrogens is 456 g/mol. The fourth-order valence-corrected chi connectivity index (χ4v) is 4.11. The van der Waals surface area contributed by atoms with Gasteiger partial charge in [-0.25, -0.2) is 0 Å². The van der Waals surface area contributed by atoms with E-state index in [0.29, 0.717) is 46.6 Å². The zero-order valence-corrected chi connectivity index (χ0v) is 19.9. The van der Waals surface area contributed by atoms with Gasteiger partial charge < -0.3 is 24.4 Å². The second kappa shape index (κ2) is 10.1. The highest BCUT2D eigenvalue weighted by Gasteiger charge is 2.29. The number of carbonyl (C=O) groups is 2. The van der Waals surface area contributed by atoms with Gasteiger partial charge in [0.1, 0.15) is 22.8 Å². The molecule has 1 N–H and O–H groups in total. The molecular formula is C26H25ClN2O5. The molecule has 0 bridgehead atoms. The maximum Gasteiger partial charge on any atom is 0.263 e. The second-order valence-electron chi connectivity index (χ2n) is 7.86. The first-order valence-electron chi connectivity index (χ1n) is 10.8. The Bertz CT molecular complexity index is 1210. The Labute approximate surface area is 203 Å². The van der Waals surface area contributed by atoms with E-state index in [0.717, 1.165) is 11.1 Å². The van der Waals surface area contributed by atoms with Gasteiger partial charge in [0.15, 0.2) is 6.10 Å². The zero-order chi connectivity index (χ0) is 24.2. The summed E-state index contributed by atoms with van der Waals surface area (Å²) in [5.41, 5.74) is 2.47. The number of benzene rings is 3. The first kappa shape index (κ1) is 23.4. The van der Waals surface area contributed by atoms with E-state index in [-0.39, 0.29) is 11.8 Å². The van der Waals surface area contributed by atoms with E-state index in [9.17, 15) is 9.59 Å². The van der Waals surface area contributed by atoms with Crippen molar-refractivity contribution in [2.24, 2.45) is 0 Å². The molecule has 1 aliphatic rings. The molecule has 1 heterocycles. The number of fused-ring (bicyclic) bond motifs is 1. The van der Waals surface area contributed by atoms with E-state index in [1.807, 2.05) is 18.2 Å². The predicted molar refractivity (Wildman–Crippen MR) is 130 cm³/mol. The Morgan fingerprint density at radius 1 is 1.09 bits per heavy atom. The molecule has 0 saturated carbocycles. The molecule has 0 unspecified atom stereocenters. The number of halogens is 1. The van der Waals surface area contributed by atoms with Gasteiger partial charge >= 0.3 is 0 Å². The summed E-state index contributed by atoms with van der Waals surface area (Å²) in [6.45, 7) is 2.38. The molecule has 176 valence electrons. The van der Waals surface area contributed by atoms with E-state index < -0.39 is 6.10 Å². The normalized spacial score (nSPS) is 15.1. The smallest absolute Gasteiger partial charge is 0.263 e. The van der Waals surface area contributed by atoms with Crippen LogP contribution in [0.15, 0.2) is 60.7 Å². The molecule has 1 aliphatic heterocycles. The van der Waals surface area contributed by atoms with Crippen LogP contribution >= 0.6 is 11.6 Å². The lowest BCUT2D eigenvalue weighted by Crippen LogP contribution is -2.37. The fraction of sp³-hybridized carbons (Fsp3) is 0.231. The van der Waals surface area contributed by atoms with Gasteiger partial charge in [-0.05, 0) is 48.9 Å². The average Bonchev–Trinajstić information content (AvgIpc) is 2.95. The topological polar surface area (TPSA) is 77.1 Å². The van der Waals surface area contributed by atoms with Crippen LogP contribution in [-0.4, -0.2) is 37.0 Å². The number of hydrogen-bond acceptors (Lipinski definition) is 5. The number of anilines is 1. The van der Waals surface area contributed by atoms with Crippen LogP contribution in [0.1, 0.15) is 28.4 Å². The number of nitrogens with one attached hydrogen (secondary N) is 1.